The van der Waals surface area contributed by atoms with E-state index in [-0.39, 0.29) is 29.0 Å². The van der Waals surface area contributed by atoms with Crippen molar-refractivity contribution in [2.45, 2.75) is 103 Å². The lowest BCUT2D eigenvalue weighted by Crippen LogP contribution is -2.46. The van der Waals surface area contributed by atoms with Gasteiger partial charge in [-0.3, -0.25) is 14.4 Å². The largest absolute Gasteiger partial charge is 0.480 e. The van der Waals surface area contributed by atoms with Gasteiger partial charge in [-0.15, -0.1) is 0 Å². The second-order valence-electron chi connectivity index (χ2n) is 16.8. The van der Waals surface area contributed by atoms with Gasteiger partial charge in [0.15, 0.2) is 0 Å². The molecule has 406 valence electrons. The second-order valence-corrected chi connectivity index (χ2v) is 24.5. The molecular formula is C44H68N6O16S6. The number of carboxylic acids is 4. The summed E-state index contributed by atoms with van der Waals surface area (Å²) in [5, 5.41) is 45.6. The Bertz CT molecular complexity index is 1990. The van der Waals surface area contributed by atoms with Crippen molar-refractivity contribution in [3.8, 4) is 11.5 Å². The van der Waals surface area contributed by atoms with E-state index in [1.54, 1.807) is 92.0 Å². The highest BCUT2D eigenvalue weighted by Crippen LogP contribution is 2.26. The van der Waals surface area contributed by atoms with Crippen molar-refractivity contribution in [3.63, 3.8) is 0 Å². The van der Waals surface area contributed by atoms with Crippen molar-refractivity contribution >= 4 is 113 Å². The lowest BCUT2D eigenvalue weighted by molar-refractivity contribution is -0.139. The number of ether oxygens (including phenoxy) is 4. The molecule has 22 nitrogen and oxygen atoms in total. The van der Waals surface area contributed by atoms with Crippen molar-refractivity contribution in [2.24, 2.45) is 11.5 Å². The molecule has 0 fully saturated rings. The van der Waals surface area contributed by atoms with E-state index < -0.39 is 89.5 Å². The molecule has 2 aromatic carbocycles. The average molecular weight is 1130 g/mol. The number of carbonyl (C=O) groups is 8. The molecule has 0 radical (unpaired) electrons. The molecule has 2 aromatic rings. The van der Waals surface area contributed by atoms with Crippen LogP contribution < -0.4 is 42.2 Å². The van der Waals surface area contributed by atoms with E-state index in [4.69, 9.17) is 45.7 Å². The van der Waals surface area contributed by atoms with Crippen LogP contribution in [0.15, 0.2) is 48.5 Å². The third-order valence-electron chi connectivity index (χ3n) is 8.04. The molecule has 2 rings (SSSR count). The van der Waals surface area contributed by atoms with Gasteiger partial charge in [0, 0.05) is 34.5 Å². The highest BCUT2D eigenvalue weighted by Gasteiger charge is 2.28. The minimum absolute atomic E-state index is 0.00852. The SMILES string of the molecule is CNC(CSSCC(NC)C(=O)Oc1ccc(C)cc1)C(=O)O.Cc1ccc(OC(=O)C(CSSCC(NC(=O)OC(C)(C)C)C(=O)O)NC(=O)OC(C)(C)C)cc1.NC(CSSCC(N)C(=O)O)C(=O)O. The Morgan fingerprint density at radius 1 is 0.472 bits per heavy atom. The van der Waals surface area contributed by atoms with Crippen molar-refractivity contribution in [1.29, 1.82) is 0 Å². The van der Waals surface area contributed by atoms with E-state index in [0.717, 1.165) is 32.7 Å². The van der Waals surface area contributed by atoms with Gasteiger partial charge >= 0.3 is 48.0 Å². The van der Waals surface area contributed by atoms with Gasteiger partial charge in [0.05, 0.1) is 0 Å². The zero-order valence-electron chi connectivity index (χ0n) is 41.6. The van der Waals surface area contributed by atoms with Crippen LogP contribution in [0.2, 0.25) is 0 Å². The summed E-state index contributed by atoms with van der Waals surface area (Å²) in [6.45, 7) is 13.9. The van der Waals surface area contributed by atoms with E-state index in [0.29, 0.717) is 23.0 Å². The topological polar surface area (TPSA) is 355 Å². The minimum Gasteiger partial charge on any atom is -0.480 e. The van der Waals surface area contributed by atoms with Gasteiger partial charge < -0.3 is 72.1 Å². The fourth-order valence-corrected chi connectivity index (χ4v) is 11.2. The molecule has 28 heteroatoms. The van der Waals surface area contributed by atoms with Crippen LogP contribution in [0.4, 0.5) is 9.59 Å². The molecule has 0 heterocycles. The predicted molar refractivity (Wildman–Crippen MR) is 287 cm³/mol. The third kappa shape index (κ3) is 33.5. The maximum Gasteiger partial charge on any atom is 0.408 e. The molecule has 0 aliphatic rings. The molecule has 0 saturated carbocycles. The Hall–Kier alpha value is -4.26. The first kappa shape index (κ1) is 67.7. The van der Waals surface area contributed by atoms with E-state index in [9.17, 15) is 43.5 Å². The van der Waals surface area contributed by atoms with Gasteiger partial charge in [0.1, 0.15) is 59.0 Å². The Balaban J connectivity index is 0.00000116. The average Bonchev–Trinajstić information content (AvgIpc) is 3.27. The number of carboxylic acid groups (broad SMARTS) is 4. The quantitative estimate of drug-likeness (QED) is 0.0246. The van der Waals surface area contributed by atoms with Gasteiger partial charge in [0.2, 0.25) is 0 Å². The number of aliphatic carboxylic acids is 4. The smallest absolute Gasteiger partial charge is 0.408 e. The molecular weight excluding hydrogens is 1060 g/mol. The first-order valence-corrected chi connectivity index (χ1v) is 29.0. The van der Waals surface area contributed by atoms with Gasteiger partial charge in [-0.2, -0.15) is 0 Å². The zero-order valence-corrected chi connectivity index (χ0v) is 46.5. The number of hydrogen-bond donors (Lipinski definition) is 10. The first-order chi connectivity index (χ1) is 33.5. The number of hydrogen-bond acceptors (Lipinski definition) is 22. The van der Waals surface area contributed by atoms with Crippen molar-refractivity contribution in [1.82, 2.24) is 21.3 Å². The normalized spacial score (nSPS) is 13.6. The first-order valence-electron chi connectivity index (χ1n) is 21.5. The maximum atomic E-state index is 12.7. The highest BCUT2D eigenvalue weighted by molar-refractivity contribution is 8.77. The molecule has 0 aliphatic heterocycles. The van der Waals surface area contributed by atoms with Crippen LogP contribution in [0.5, 0.6) is 11.5 Å². The van der Waals surface area contributed by atoms with E-state index in [1.807, 2.05) is 26.0 Å². The number of benzene rings is 2. The summed E-state index contributed by atoms with van der Waals surface area (Å²) in [4.78, 5) is 91.9. The van der Waals surface area contributed by atoms with Crippen LogP contribution in [0.1, 0.15) is 52.7 Å². The van der Waals surface area contributed by atoms with Crippen LogP contribution in [0, 0.1) is 13.8 Å². The van der Waals surface area contributed by atoms with Crippen molar-refractivity contribution in [3.05, 3.63) is 59.7 Å². The number of esters is 2. The minimum atomic E-state index is -1.23. The Morgan fingerprint density at radius 3 is 1.08 bits per heavy atom. The summed E-state index contributed by atoms with van der Waals surface area (Å²) < 4.78 is 21.0. The van der Waals surface area contributed by atoms with Gasteiger partial charge in [0.25, 0.3) is 0 Å². The van der Waals surface area contributed by atoms with Gasteiger partial charge in [-0.1, -0.05) is 100 Å². The summed E-state index contributed by atoms with van der Waals surface area (Å²) in [7, 11) is 10.8. The number of nitrogens with one attached hydrogen (secondary N) is 4. The molecule has 0 saturated heterocycles. The molecule has 0 aliphatic carbocycles. The standard InChI is InChI=1S/C23H34N2O8S2.C15H22N2O4S2.C6H12N2O4S2/c1-14-8-10-15(11-9-14)31-19(28)17(25-21(30)33-23(5,6)7)13-35-34-12-16(18(26)27)24-20(29)32-22(2,3)4;1-10-4-6-11(7-5-10)21-15(20)13(17-3)9-23-22-8-12(16-2)14(18)19;7-3(5(9)10)1-13-14-2-4(8)6(11)12/h8-11,16-17H,12-13H2,1-7H3,(H,24,29)(H,25,30)(H,26,27);4-7,12-13,16-17H,8-9H2,1-3H3,(H,18,19);3-4H,1-2,7-8H2,(H,9,10)(H,11,12). The van der Waals surface area contributed by atoms with Gasteiger partial charge in [-0.05, 0) is 93.8 Å². The number of likely N-dealkylation sites (N-methyl/N-ethyl adjacent to an activating group) is 2. The molecule has 6 unspecified atom stereocenters. The fraction of sp³-hybridized carbons (Fsp3) is 0.545. The summed E-state index contributed by atoms with van der Waals surface area (Å²) in [5.41, 5.74) is 11.0. The predicted octanol–water partition coefficient (Wildman–Crippen LogP) is 4.89. The molecule has 2 amide bonds. The molecule has 6 atom stereocenters. The van der Waals surface area contributed by atoms with Crippen molar-refractivity contribution in [2.75, 3.05) is 48.6 Å². The monoisotopic (exact) mass is 1130 g/mol. The molecule has 0 bridgehead atoms. The second kappa shape index (κ2) is 35.8. The zero-order chi connectivity index (χ0) is 55.2. The molecule has 0 spiro atoms. The number of alkyl carbamates (subject to hydrolysis) is 2. The Morgan fingerprint density at radius 2 is 0.764 bits per heavy atom. The number of nitrogens with two attached hydrogens (primary N) is 2. The number of carbonyl (C=O) groups excluding carboxylic acids is 4. The fourth-order valence-electron chi connectivity index (χ4n) is 4.23. The summed E-state index contributed by atoms with van der Waals surface area (Å²) in [5.74, 6) is -3.06. The number of aryl methyl sites for hydroxylation is 2. The van der Waals surface area contributed by atoms with Crippen molar-refractivity contribution < 1.29 is 77.7 Å². The summed E-state index contributed by atoms with van der Waals surface area (Å²) in [6.07, 6.45) is -1.63. The maximum absolute atomic E-state index is 12.7. The van der Waals surface area contributed by atoms with E-state index in [1.165, 1.54) is 43.2 Å². The summed E-state index contributed by atoms with van der Waals surface area (Å²) >= 11 is 0. The Kier molecular flexibility index (Phi) is 33.7. The van der Waals surface area contributed by atoms with Crippen LogP contribution in [-0.4, -0.2) is 164 Å². The van der Waals surface area contributed by atoms with Gasteiger partial charge in [-0.25, -0.2) is 24.0 Å². The van der Waals surface area contributed by atoms with E-state index >= 15 is 0 Å². The van der Waals surface area contributed by atoms with Crippen LogP contribution in [0.25, 0.3) is 0 Å². The van der Waals surface area contributed by atoms with Crippen LogP contribution in [0.3, 0.4) is 0 Å². The molecule has 12 N–H and O–H groups in total. The Labute approximate surface area is 443 Å². The van der Waals surface area contributed by atoms with Crippen LogP contribution >= 0.6 is 64.8 Å². The summed E-state index contributed by atoms with van der Waals surface area (Å²) in [6, 6.07) is 8.95. The molecule has 0 aromatic heterocycles. The lowest BCUT2D eigenvalue weighted by Gasteiger charge is -2.23. The third-order valence-corrected chi connectivity index (χ3v) is 15.4. The van der Waals surface area contributed by atoms with E-state index in [2.05, 4.69) is 21.3 Å². The highest BCUT2D eigenvalue weighted by atomic mass is 33.1. The molecule has 72 heavy (non-hydrogen) atoms. The lowest BCUT2D eigenvalue weighted by atomic mass is 10.2. The number of amides is 2. The van der Waals surface area contributed by atoms with Crippen LogP contribution in [-0.2, 0) is 38.2 Å². The number of rotatable bonds is 27.